The van der Waals surface area contributed by atoms with Gasteiger partial charge in [0.15, 0.2) is 11.2 Å². The molecule has 4 rings (SSSR count). The van der Waals surface area contributed by atoms with Crippen molar-refractivity contribution in [3.8, 4) is 0 Å². The first kappa shape index (κ1) is 22.8. The summed E-state index contributed by atoms with van der Waals surface area (Å²) in [5.74, 6) is -0.169. The van der Waals surface area contributed by atoms with Gasteiger partial charge in [0.05, 0.1) is 12.4 Å². The van der Waals surface area contributed by atoms with Crippen molar-refractivity contribution in [3.63, 3.8) is 0 Å². The van der Waals surface area contributed by atoms with Crippen LogP contribution in [0.25, 0.3) is 11.2 Å². The molecule has 0 aliphatic heterocycles. The van der Waals surface area contributed by atoms with Gasteiger partial charge in [-0.3, -0.25) is 14.2 Å². The third-order valence-electron chi connectivity index (χ3n) is 7.55. The molecule has 2 aromatic heterocycles. The molecule has 9 heteroatoms. The first-order valence-corrected chi connectivity index (χ1v) is 11.9. The summed E-state index contributed by atoms with van der Waals surface area (Å²) in [6.45, 7) is 5.12. The van der Waals surface area contributed by atoms with Crippen LogP contribution < -0.4 is 11.2 Å². The van der Waals surface area contributed by atoms with Crippen LogP contribution in [0.4, 0.5) is 0 Å². The number of aryl methyl sites for hydroxylation is 2. The molecule has 0 bridgehead atoms. The van der Waals surface area contributed by atoms with Crippen LogP contribution in [0.5, 0.6) is 0 Å². The Morgan fingerprint density at radius 3 is 2.59 bits per heavy atom. The van der Waals surface area contributed by atoms with Crippen molar-refractivity contribution in [1.29, 1.82) is 0 Å². The van der Waals surface area contributed by atoms with Crippen molar-refractivity contribution in [2.75, 3.05) is 13.2 Å². The van der Waals surface area contributed by atoms with Gasteiger partial charge in [-0.15, -0.1) is 0 Å². The van der Waals surface area contributed by atoms with Crippen LogP contribution in [-0.4, -0.2) is 54.8 Å². The number of rotatable bonds is 7. The van der Waals surface area contributed by atoms with E-state index in [0.29, 0.717) is 24.3 Å². The monoisotopic (exact) mass is 445 g/mol. The van der Waals surface area contributed by atoms with Crippen LogP contribution in [0.15, 0.2) is 15.9 Å². The van der Waals surface area contributed by atoms with E-state index in [9.17, 15) is 14.4 Å². The van der Waals surface area contributed by atoms with E-state index in [0.717, 1.165) is 43.1 Å². The number of nitrogens with zero attached hydrogens (tertiary/aromatic N) is 5. The Bertz CT molecular complexity index is 1110. The minimum Gasteiger partial charge on any atom is -0.378 e. The number of aromatic nitrogens is 4. The lowest BCUT2D eigenvalue weighted by Gasteiger charge is -2.60. The predicted octanol–water partition coefficient (Wildman–Crippen LogP) is 1.80. The molecule has 2 aliphatic rings. The minimum absolute atomic E-state index is 0.000997. The van der Waals surface area contributed by atoms with Crippen molar-refractivity contribution in [2.24, 2.45) is 19.5 Å². The Kier molecular flexibility index (Phi) is 6.29. The molecule has 1 spiro atoms. The van der Waals surface area contributed by atoms with E-state index in [4.69, 9.17) is 4.74 Å². The van der Waals surface area contributed by atoms with Crippen LogP contribution in [0.2, 0.25) is 0 Å². The Labute approximate surface area is 188 Å². The van der Waals surface area contributed by atoms with Crippen molar-refractivity contribution in [2.45, 2.75) is 77.5 Å². The second kappa shape index (κ2) is 8.84. The van der Waals surface area contributed by atoms with E-state index in [2.05, 4.69) is 11.9 Å². The summed E-state index contributed by atoms with van der Waals surface area (Å²) in [5, 5.41) is 0. The third-order valence-corrected chi connectivity index (χ3v) is 7.55. The van der Waals surface area contributed by atoms with Crippen molar-refractivity contribution in [1.82, 2.24) is 23.6 Å². The predicted molar refractivity (Wildman–Crippen MR) is 122 cm³/mol. The zero-order valence-electron chi connectivity index (χ0n) is 19.7. The average molecular weight is 446 g/mol. The van der Waals surface area contributed by atoms with Crippen LogP contribution >= 0.6 is 0 Å². The van der Waals surface area contributed by atoms with E-state index in [1.165, 1.54) is 17.3 Å². The molecule has 0 N–H and O–H groups in total. The largest absolute Gasteiger partial charge is 0.378 e. The zero-order chi connectivity index (χ0) is 23.0. The Hall–Kier alpha value is -2.42. The third kappa shape index (κ3) is 3.50. The summed E-state index contributed by atoms with van der Waals surface area (Å²) in [6, 6.07) is 0.104. The lowest BCUT2D eigenvalue weighted by molar-refractivity contribution is -0.189. The van der Waals surface area contributed by atoms with E-state index in [1.807, 2.05) is 11.8 Å². The second-order valence-electron chi connectivity index (χ2n) is 9.34. The number of hydrogen-bond donors (Lipinski definition) is 0. The molecule has 9 nitrogen and oxygen atoms in total. The molecule has 0 aromatic carbocycles. The fourth-order valence-electron chi connectivity index (χ4n) is 5.92. The Balaban J connectivity index is 1.66. The molecule has 2 aliphatic carbocycles. The topological polar surface area (TPSA) is 91.4 Å². The van der Waals surface area contributed by atoms with Gasteiger partial charge in [0.25, 0.3) is 5.56 Å². The number of carbonyl (C=O) groups is 1. The van der Waals surface area contributed by atoms with Crippen LogP contribution in [0, 0.1) is 5.41 Å². The van der Waals surface area contributed by atoms with Crippen molar-refractivity contribution < 1.29 is 9.53 Å². The summed E-state index contributed by atoms with van der Waals surface area (Å²) in [5.41, 5.74) is -0.330. The van der Waals surface area contributed by atoms with Gasteiger partial charge in [0, 0.05) is 38.7 Å². The molecule has 1 amide bonds. The molecule has 176 valence electrons. The fraction of sp³-hybridized carbons (Fsp3) is 0.739. The van der Waals surface area contributed by atoms with E-state index < -0.39 is 11.2 Å². The van der Waals surface area contributed by atoms with Crippen molar-refractivity contribution >= 4 is 17.1 Å². The molecule has 0 unspecified atom stereocenters. The standard InChI is InChI=1S/C23H35N5O4/c1-5-12-27(16-13-17(32-6-2)23(16)10-8-7-9-11-23)18(29)14-28-21(30)19-20(24-15-25(19)3)26(4)22(28)31/h15-17H,5-14H2,1-4H3/t16-,17-/m0/s1. The summed E-state index contributed by atoms with van der Waals surface area (Å²) in [6.07, 6.45) is 9.03. The molecule has 2 heterocycles. The first-order valence-electron chi connectivity index (χ1n) is 11.9. The van der Waals surface area contributed by atoms with Crippen LogP contribution in [-0.2, 0) is 30.2 Å². The highest BCUT2D eigenvalue weighted by molar-refractivity contribution is 5.77. The maximum absolute atomic E-state index is 13.6. The van der Waals surface area contributed by atoms with Gasteiger partial charge in [0.2, 0.25) is 5.91 Å². The van der Waals surface area contributed by atoms with E-state index in [-0.39, 0.29) is 30.0 Å². The van der Waals surface area contributed by atoms with Gasteiger partial charge in [-0.2, -0.15) is 0 Å². The number of hydrogen-bond acceptors (Lipinski definition) is 5. The highest BCUT2D eigenvalue weighted by Crippen LogP contribution is 2.55. The van der Waals surface area contributed by atoms with Gasteiger partial charge in [-0.1, -0.05) is 26.2 Å². The number of ether oxygens (including phenoxy) is 1. The fourth-order valence-corrected chi connectivity index (χ4v) is 5.92. The maximum Gasteiger partial charge on any atom is 0.332 e. The molecule has 32 heavy (non-hydrogen) atoms. The lowest BCUT2D eigenvalue weighted by Crippen LogP contribution is -2.67. The second-order valence-corrected chi connectivity index (χ2v) is 9.34. The van der Waals surface area contributed by atoms with Gasteiger partial charge in [0.1, 0.15) is 6.54 Å². The van der Waals surface area contributed by atoms with Crippen molar-refractivity contribution in [3.05, 3.63) is 27.2 Å². The zero-order valence-corrected chi connectivity index (χ0v) is 19.7. The average Bonchev–Trinajstić information content (AvgIpc) is 3.18. The Morgan fingerprint density at radius 2 is 1.94 bits per heavy atom. The number of imidazole rings is 1. The van der Waals surface area contributed by atoms with Gasteiger partial charge in [-0.25, -0.2) is 14.3 Å². The first-order chi connectivity index (χ1) is 15.4. The molecule has 0 radical (unpaired) electrons. The van der Waals surface area contributed by atoms with E-state index in [1.54, 1.807) is 18.7 Å². The molecular formula is C23H35N5O4. The van der Waals surface area contributed by atoms with Crippen LogP contribution in [0.3, 0.4) is 0 Å². The highest BCUT2D eigenvalue weighted by atomic mass is 16.5. The minimum atomic E-state index is -0.515. The number of amides is 1. The molecule has 2 atom stereocenters. The summed E-state index contributed by atoms with van der Waals surface area (Å²) in [4.78, 5) is 45.6. The molecule has 2 fully saturated rings. The molecule has 2 saturated carbocycles. The SMILES string of the molecule is CCCN(C(=O)Cn1c(=O)c2c(ncn2C)n(C)c1=O)[C@H]1C[C@H](OCC)C12CCCCC2. The van der Waals surface area contributed by atoms with Gasteiger partial charge >= 0.3 is 5.69 Å². The van der Waals surface area contributed by atoms with E-state index >= 15 is 0 Å². The quantitative estimate of drug-likeness (QED) is 0.648. The summed E-state index contributed by atoms with van der Waals surface area (Å²) < 4.78 is 10.1. The molecular weight excluding hydrogens is 410 g/mol. The summed E-state index contributed by atoms with van der Waals surface area (Å²) >= 11 is 0. The maximum atomic E-state index is 13.6. The van der Waals surface area contributed by atoms with Gasteiger partial charge < -0.3 is 14.2 Å². The van der Waals surface area contributed by atoms with Gasteiger partial charge in [-0.05, 0) is 32.6 Å². The van der Waals surface area contributed by atoms with Crippen LogP contribution in [0.1, 0.15) is 58.8 Å². The normalized spacial score (nSPS) is 22.2. The molecule has 2 aromatic rings. The highest BCUT2D eigenvalue weighted by Gasteiger charge is 2.58. The Morgan fingerprint density at radius 1 is 1.22 bits per heavy atom. The number of fused-ring (bicyclic) bond motifs is 1. The number of carbonyl (C=O) groups excluding carboxylic acids is 1. The smallest absolute Gasteiger partial charge is 0.332 e. The lowest BCUT2D eigenvalue weighted by atomic mass is 9.54. The molecule has 0 saturated heterocycles. The summed E-state index contributed by atoms with van der Waals surface area (Å²) in [7, 11) is 3.29.